The van der Waals surface area contributed by atoms with Crippen molar-refractivity contribution in [1.82, 2.24) is 0 Å². The van der Waals surface area contributed by atoms with Gasteiger partial charge in [0.2, 0.25) is 0 Å². The van der Waals surface area contributed by atoms with E-state index in [2.05, 4.69) is 42.6 Å². The van der Waals surface area contributed by atoms with E-state index >= 15 is 0 Å². The maximum Gasteiger partial charge on any atom is 0.106 e. The Bertz CT molecular complexity index is 419. The van der Waals surface area contributed by atoms with Crippen molar-refractivity contribution in [3.63, 3.8) is 0 Å². The molecule has 3 rings (SSSR count). The van der Waals surface area contributed by atoms with E-state index in [9.17, 15) is 0 Å². The summed E-state index contributed by atoms with van der Waals surface area (Å²) in [5, 5.41) is 3.47. The Morgan fingerprint density at radius 1 is 1.47 bits per heavy atom. The first-order valence-corrected chi connectivity index (χ1v) is 5.43. The minimum Gasteiger partial charge on any atom is -0.382 e. The third-order valence-corrected chi connectivity index (χ3v) is 3.11. The predicted octanol–water partition coefficient (Wildman–Crippen LogP) is 2.46. The monoisotopic (exact) mass is 201 g/mol. The first-order valence-electron chi connectivity index (χ1n) is 5.43. The number of rotatable bonds is 3. The van der Waals surface area contributed by atoms with E-state index in [1.807, 2.05) is 0 Å². The Hall–Kier alpha value is -1.28. The van der Waals surface area contributed by atoms with Crippen LogP contribution >= 0.6 is 0 Å². The molecule has 0 spiro atoms. The lowest BCUT2D eigenvalue weighted by atomic mass is 10.1. The summed E-state index contributed by atoms with van der Waals surface area (Å²) in [6.07, 6.45) is 5.48. The van der Waals surface area contributed by atoms with Crippen molar-refractivity contribution < 1.29 is 4.74 Å². The van der Waals surface area contributed by atoms with E-state index in [0.717, 1.165) is 19.6 Å². The molecule has 0 amide bonds. The molecular weight excluding hydrogens is 186 g/mol. The fourth-order valence-electron chi connectivity index (χ4n) is 1.95. The summed E-state index contributed by atoms with van der Waals surface area (Å²) in [5.74, 6) is 0. The zero-order chi connectivity index (χ0) is 10.3. The number of hydrogen-bond donors (Lipinski definition) is 1. The van der Waals surface area contributed by atoms with Gasteiger partial charge in [0.1, 0.15) is 5.60 Å². The molecule has 1 heterocycles. The van der Waals surface area contributed by atoms with E-state index in [-0.39, 0.29) is 5.60 Å². The van der Waals surface area contributed by atoms with Gasteiger partial charge in [-0.25, -0.2) is 0 Å². The number of benzene rings is 1. The molecule has 1 aromatic carbocycles. The van der Waals surface area contributed by atoms with Crippen LogP contribution in [0.2, 0.25) is 0 Å². The lowest BCUT2D eigenvalue weighted by Crippen LogP contribution is -2.19. The molecule has 1 atom stereocenters. The summed E-state index contributed by atoms with van der Waals surface area (Å²) in [6.45, 7) is 3.92. The number of ether oxygens (including phenoxy) is 1. The van der Waals surface area contributed by atoms with Gasteiger partial charge in [0.15, 0.2) is 0 Å². The second kappa shape index (κ2) is 3.11. The van der Waals surface area contributed by atoms with Gasteiger partial charge in [-0.2, -0.15) is 0 Å². The molecule has 1 fully saturated rings. The van der Waals surface area contributed by atoms with Crippen LogP contribution in [0, 0.1) is 0 Å². The Balaban J connectivity index is 1.79. The molecule has 1 saturated heterocycles. The predicted molar refractivity (Wildman–Crippen MR) is 62.0 cm³/mol. The Labute approximate surface area is 89.9 Å². The van der Waals surface area contributed by atoms with Crippen LogP contribution in [0.3, 0.4) is 0 Å². The van der Waals surface area contributed by atoms with Crippen LogP contribution in [0.5, 0.6) is 0 Å². The van der Waals surface area contributed by atoms with Crippen molar-refractivity contribution in [3.8, 4) is 0 Å². The standard InChI is InChI=1S/C13H15NO/c1-13(9-15-13)8-14-12-7-3-5-10-4-2-6-11(10)12/h2-3,5-7,14H,4,8-9H2,1H3. The minimum atomic E-state index is 0.0744. The summed E-state index contributed by atoms with van der Waals surface area (Å²) in [7, 11) is 0. The van der Waals surface area contributed by atoms with Crippen LogP contribution in [0.1, 0.15) is 18.1 Å². The Morgan fingerprint density at radius 3 is 3.13 bits per heavy atom. The highest BCUT2D eigenvalue weighted by Gasteiger charge is 2.38. The molecule has 78 valence electrons. The van der Waals surface area contributed by atoms with Crippen LogP contribution in [-0.2, 0) is 11.2 Å². The lowest BCUT2D eigenvalue weighted by Gasteiger charge is -2.12. The lowest BCUT2D eigenvalue weighted by molar-refractivity contribution is 0.335. The van der Waals surface area contributed by atoms with Crippen LogP contribution in [0.25, 0.3) is 6.08 Å². The van der Waals surface area contributed by atoms with Gasteiger partial charge in [-0.05, 0) is 25.0 Å². The molecule has 2 heteroatoms. The first-order chi connectivity index (χ1) is 7.27. The highest BCUT2D eigenvalue weighted by atomic mass is 16.6. The van der Waals surface area contributed by atoms with Crippen molar-refractivity contribution in [2.45, 2.75) is 18.9 Å². The molecule has 1 aromatic rings. The normalized spacial score (nSPS) is 26.5. The van der Waals surface area contributed by atoms with Crippen LogP contribution in [0.4, 0.5) is 5.69 Å². The molecule has 1 aliphatic carbocycles. The topological polar surface area (TPSA) is 24.6 Å². The molecule has 0 saturated carbocycles. The van der Waals surface area contributed by atoms with Gasteiger partial charge < -0.3 is 10.1 Å². The highest BCUT2D eigenvalue weighted by Crippen LogP contribution is 2.30. The molecule has 1 N–H and O–H groups in total. The van der Waals surface area contributed by atoms with Crippen LogP contribution < -0.4 is 5.32 Å². The van der Waals surface area contributed by atoms with Gasteiger partial charge in [0, 0.05) is 17.8 Å². The van der Waals surface area contributed by atoms with Crippen LogP contribution in [0.15, 0.2) is 24.3 Å². The summed E-state index contributed by atoms with van der Waals surface area (Å²) in [5.41, 5.74) is 4.08. The third kappa shape index (κ3) is 1.65. The maximum atomic E-state index is 5.36. The molecule has 2 nitrogen and oxygen atoms in total. The number of nitrogens with one attached hydrogen (secondary N) is 1. The van der Waals surface area contributed by atoms with Gasteiger partial charge in [-0.3, -0.25) is 0 Å². The summed E-state index contributed by atoms with van der Waals surface area (Å²) in [4.78, 5) is 0. The van der Waals surface area contributed by atoms with E-state index in [1.54, 1.807) is 0 Å². The smallest absolute Gasteiger partial charge is 0.106 e. The number of hydrogen-bond acceptors (Lipinski definition) is 2. The zero-order valence-corrected chi connectivity index (χ0v) is 8.92. The van der Waals surface area contributed by atoms with Gasteiger partial charge in [-0.15, -0.1) is 0 Å². The average Bonchev–Trinajstić information content (AvgIpc) is 2.80. The second-order valence-corrected chi connectivity index (χ2v) is 4.58. The molecular formula is C13H15NO. The number of fused-ring (bicyclic) bond motifs is 1. The average molecular weight is 201 g/mol. The molecule has 1 aliphatic heterocycles. The van der Waals surface area contributed by atoms with Gasteiger partial charge in [0.25, 0.3) is 0 Å². The molecule has 0 aromatic heterocycles. The number of epoxide rings is 1. The molecule has 2 aliphatic rings. The first kappa shape index (κ1) is 8.98. The van der Waals surface area contributed by atoms with Crippen molar-refractivity contribution in [1.29, 1.82) is 0 Å². The fourth-order valence-corrected chi connectivity index (χ4v) is 1.95. The van der Waals surface area contributed by atoms with E-state index in [1.165, 1.54) is 16.8 Å². The Kier molecular flexibility index (Phi) is 1.86. The molecule has 0 radical (unpaired) electrons. The summed E-state index contributed by atoms with van der Waals surface area (Å²) >= 11 is 0. The van der Waals surface area contributed by atoms with Gasteiger partial charge >= 0.3 is 0 Å². The highest BCUT2D eigenvalue weighted by molar-refractivity contribution is 5.73. The van der Waals surface area contributed by atoms with E-state index < -0.39 is 0 Å². The quantitative estimate of drug-likeness (QED) is 0.760. The maximum absolute atomic E-state index is 5.36. The summed E-state index contributed by atoms with van der Waals surface area (Å²) in [6, 6.07) is 6.44. The number of anilines is 1. The van der Waals surface area contributed by atoms with Gasteiger partial charge in [-0.1, -0.05) is 24.3 Å². The molecule has 0 bridgehead atoms. The van der Waals surface area contributed by atoms with E-state index in [0.29, 0.717) is 0 Å². The van der Waals surface area contributed by atoms with Gasteiger partial charge in [0.05, 0.1) is 6.61 Å². The number of allylic oxidation sites excluding steroid dienone is 1. The second-order valence-electron chi connectivity index (χ2n) is 4.58. The summed E-state index contributed by atoms with van der Waals surface area (Å²) < 4.78 is 5.36. The third-order valence-electron chi connectivity index (χ3n) is 3.11. The zero-order valence-electron chi connectivity index (χ0n) is 8.92. The molecule has 1 unspecified atom stereocenters. The molecule has 15 heavy (non-hydrogen) atoms. The van der Waals surface area contributed by atoms with Crippen LogP contribution in [-0.4, -0.2) is 18.8 Å². The Morgan fingerprint density at radius 2 is 2.33 bits per heavy atom. The largest absolute Gasteiger partial charge is 0.382 e. The minimum absolute atomic E-state index is 0.0744. The van der Waals surface area contributed by atoms with Crippen molar-refractivity contribution in [3.05, 3.63) is 35.4 Å². The SMILES string of the molecule is CC1(CNc2cccc3c2C=CC3)CO1. The van der Waals surface area contributed by atoms with Crippen molar-refractivity contribution >= 4 is 11.8 Å². The van der Waals surface area contributed by atoms with Crippen molar-refractivity contribution in [2.75, 3.05) is 18.5 Å². The van der Waals surface area contributed by atoms with E-state index in [4.69, 9.17) is 4.74 Å². The fraction of sp³-hybridized carbons (Fsp3) is 0.385. The van der Waals surface area contributed by atoms with Crippen molar-refractivity contribution in [2.24, 2.45) is 0 Å².